The monoisotopic (exact) mass is 443 g/mol. The SMILES string of the molecule is Cc1cc2c3c4cccnc4oc(=O)c3n(Cc3cnc4ccccc4c3Cl)c2cc1F. The van der Waals surface area contributed by atoms with Crippen molar-refractivity contribution in [2.75, 3.05) is 0 Å². The lowest BCUT2D eigenvalue weighted by molar-refractivity contribution is 0.553. The first-order valence-electron chi connectivity index (χ1n) is 10.0. The van der Waals surface area contributed by atoms with E-state index in [9.17, 15) is 9.18 Å². The minimum Gasteiger partial charge on any atom is -0.402 e. The molecule has 156 valence electrons. The Kier molecular flexibility index (Phi) is 4.07. The van der Waals surface area contributed by atoms with Gasteiger partial charge in [-0.05, 0) is 42.8 Å². The first-order chi connectivity index (χ1) is 15.5. The predicted molar refractivity (Wildman–Crippen MR) is 124 cm³/mol. The number of fused-ring (bicyclic) bond motifs is 6. The van der Waals surface area contributed by atoms with Crippen LogP contribution in [-0.2, 0) is 6.54 Å². The second kappa shape index (κ2) is 6.87. The van der Waals surface area contributed by atoms with Gasteiger partial charge in [0.25, 0.3) is 0 Å². The van der Waals surface area contributed by atoms with Crippen LogP contribution in [0.4, 0.5) is 4.39 Å². The minimum absolute atomic E-state index is 0.232. The van der Waals surface area contributed by atoms with E-state index in [-0.39, 0.29) is 18.1 Å². The summed E-state index contributed by atoms with van der Waals surface area (Å²) in [6.07, 6.45) is 3.26. The van der Waals surface area contributed by atoms with Gasteiger partial charge in [0, 0.05) is 39.5 Å². The van der Waals surface area contributed by atoms with Gasteiger partial charge in [-0.15, -0.1) is 0 Å². The molecule has 0 atom stereocenters. The summed E-state index contributed by atoms with van der Waals surface area (Å²) in [4.78, 5) is 21.8. The fraction of sp³-hybridized carbons (Fsp3) is 0.0800. The fourth-order valence-corrected chi connectivity index (χ4v) is 4.62. The van der Waals surface area contributed by atoms with Crippen molar-refractivity contribution in [3.05, 3.63) is 93.3 Å². The molecule has 0 aliphatic heterocycles. The lowest BCUT2D eigenvalue weighted by Gasteiger charge is -2.11. The van der Waals surface area contributed by atoms with Crippen LogP contribution in [0.2, 0.25) is 5.02 Å². The molecule has 0 unspecified atom stereocenters. The lowest BCUT2D eigenvalue weighted by Crippen LogP contribution is -2.09. The molecule has 0 saturated heterocycles. The van der Waals surface area contributed by atoms with E-state index >= 15 is 0 Å². The minimum atomic E-state index is -0.537. The van der Waals surface area contributed by atoms with Crippen LogP contribution in [0.5, 0.6) is 0 Å². The Morgan fingerprint density at radius 3 is 2.75 bits per heavy atom. The van der Waals surface area contributed by atoms with E-state index in [2.05, 4.69) is 9.97 Å². The second-order valence-electron chi connectivity index (χ2n) is 7.79. The van der Waals surface area contributed by atoms with Gasteiger partial charge in [-0.3, -0.25) is 4.98 Å². The quantitative estimate of drug-likeness (QED) is 0.329. The van der Waals surface area contributed by atoms with Gasteiger partial charge in [-0.2, -0.15) is 0 Å². The number of rotatable bonds is 2. The molecule has 6 aromatic rings. The standard InChI is InChI=1S/C25H15ClFN3O2/c1-13-9-17-20(10-18(13)27)30(12-14-11-29-19-7-3-2-5-15(19)22(14)26)23-21(17)16-6-4-8-28-24(16)32-25(23)31/h2-11H,12H2,1H3. The van der Waals surface area contributed by atoms with Crippen molar-refractivity contribution >= 4 is 55.4 Å². The number of benzene rings is 2. The van der Waals surface area contributed by atoms with E-state index in [1.807, 2.05) is 30.3 Å². The summed E-state index contributed by atoms with van der Waals surface area (Å²) in [6, 6.07) is 14.4. The largest absolute Gasteiger partial charge is 0.402 e. The fourth-order valence-electron chi connectivity index (χ4n) is 4.35. The summed E-state index contributed by atoms with van der Waals surface area (Å²) in [7, 11) is 0. The highest BCUT2D eigenvalue weighted by Gasteiger charge is 2.21. The topological polar surface area (TPSA) is 60.9 Å². The maximum absolute atomic E-state index is 14.6. The maximum atomic E-state index is 14.6. The lowest BCUT2D eigenvalue weighted by atomic mass is 10.1. The van der Waals surface area contributed by atoms with Crippen molar-refractivity contribution in [1.29, 1.82) is 0 Å². The smallest absolute Gasteiger partial charge is 0.362 e. The number of hydrogen-bond acceptors (Lipinski definition) is 4. The second-order valence-corrected chi connectivity index (χ2v) is 8.17. The zero-order chi connectivity index (χ0) is 22.0. The molecular weight excluding hydrogens is 429 g/mol. The third-order valence-electron chi connectivity index (χ3n) is 5.88. The van der Waals surface area contributed by atoms with E-state index < -0.39 is 5.63 Å². The molecule has 5 nitrogen and oxygen atoms in total. The van der Waals surface area contributed by atoms with Gasteiger partial charge in [0.1, 0.15) is 11.3 Å². The van der Waals surface area contributed by atoms with Crippen LogP contribution < -0.4 is 5.63 Å². The van der Waals surface area contributed by atoms with Crippen LogP contribution in [0.25, 0.3) is 43.8 Å². The Balaban J connectivity index is 1.73. The average molecular weight is 444 g/mol. The van der Waals surface area contributed by atoms with E-state index in [4.69, 9.17) is 16.0 Å². The summed E-state index contributed by atoms with van der Waals surface area (Å²) >= 11 is 6.71. The van der Waals surface area contributed by atoms with E-state index in [0.717, 1.165) is 21.9 Å². The molecule has 0 bridgehead atoms. The van der Waals surface area contributed by atoms with Gasteiger partial charge in [0.15, 0.2) is 0 Å². The van der Waals surface area contributed by atoms with Crippen molar-refractivity contribution in [2.45, 2.75) is 13.5 Å². The van der Waals surface area contributed by atoms with Crippen LogP contribution in [-0.4, -0.2) is 14.5 Å². The molecule has 0 aliphatic carbocycles. The molecule has 0 N–H and O–H groups in total. The van der Waals surface area contributed by atoms with Crippen LogP contribution in [0.15, 0.2) is 70.1 Å². The molecule has 4 heterocycles. The van der Waals surface area contributed by atoms with E-state index in [1.54, 1.807) is 36.0 Å². The van der Waals surface area contributed by atoms with Crippen LogP contribution >= 0.6 is 11.6 Å². The molecular formula is C25H15ClFN3O2. The summed E-state index contributed by atoms with van der Waals surface area (Å²) in [5.74, 6) is -0.351. The molecule has 0 amide bonds. The normalized spacial score (nSPS) is 11.8. The molecule has 32 heavy (non-hydrogen) atoms. The molecule has 0 saturated carbocycles. The molecule has 0 fully saturated rings. The molecule has 0 aliphatic rings. The molecule has 7 heteroatoms. The van der Waals surface area contributed by atoms with Gasteiger partial charge in [0.2, 0.25) is 5.71 Å². The highest BCUT2D eigenvalue weighted by Crippen LogP contribution is 2.35. The predicted octanol–water partition coefficient (Wildman–Crippen LogP) is 5.99. The Labute approximate surface area is 185 Å². The van der Waals surface area contributed by atoms with Crippen molar-refractivity contribution in [3.63, 3.8) is 0 Å². The number of nitrogens with zero attached hydrogens (tertiary/aromatic N) is 3. The van der Waals surface area contributed by atoms with Crippen LogP contribution in [0.3, 0.4) is 0 Å². The van der Waals surface area contributed by atoms with Crippen LogP contribution in [0, 0.1) is 12.7 Å². The van der Waals surface area contributed by atoms with Crippen LogP contribution in [0.1, 0.15) is 11.1 Å². The summed E-state index contributed by atoms with van der Waals surface area (Å²) in [5.41, 5.74) is 2.62. The van der Waals surface area contributed by atoms with Crippen molar-refractivity contribution in [3.8, 4) is 0 Å². The highest BCUT2D eigenvalue weighted by molar-refractivity contribution is 6.36. The molecule has 4 aromatic heterocycles. The van der Waals surface area contributed by atoms with E-state index in [1.165, 1.54) is 6.07 Å². The zero-order valence-electron chi connectivity index (χ0n) is 16.9. The Bertz CT molecular complexity index is 1770. The number of aromatic nitrogens is 3. The van der Waals surface area contributed by atoms with Gasteiger partial charge >= 0.3 is 5.63 Å². The maximum Gasteiger partial charge on any atom is 0.362 e. The third kappa shape index (κ3) is 2.66. The van der Waals surface area contributed by atoms with Gasteiger partial charge < -0.3 is 8.98 Å². The first-order valence-corrected chi connectivity index (χ1v) is 10.4. The van der Waals surface area contributed by atoms with Gasteiger partial charge in [-0.25, -0.2) is 14.2 Å². The molecule has 6 rings (SSSR count). The highest BCUT2D eigenvalue weighted by atomic mass is 35.5. The van der Waals surface area contributed by atoms with Crippen molar-refractivity contribution in [1.82, 2.24) is 14.5 Å². The summed E-state index contributed by atoms with van der Waals surface area (Å²) in [6.45, 7) is 1.93. The zero-order valence-corrected chi connectivity index (χ0v) is 17.7. The number of pyridine rings is 2. The van der Waals surface area contributed by atoms with Crippen molar-refractivity contribution < 1.29 is 8.81 Å². The number of halogens is 2. The summed E-state index contributed by atoms with van der Waals surface area (Å²) < 4.78 is 21.9. The van der Waals surface area contributed by atoms with E-state index in [0.29, 0.717) is 32.4 Å². The Hall–Kier alpha value is -3.77. The molecule has 0 spiro atoms. The average Bonchev–Trinajstić information content (AvgIpc) is 3.10. The Morgan fingerprint density at radius 1 is 1.06 bits per heavy atom. The Morgan fingerprint density at radius 2 is 1.88 bits per heavy atom. The van der Waals surface area contributed by atoms with Gasteiger partial charge in [0.05, 0.1) is 22.6 Å². The number of aryl methyl sites for hydroxylation is 1. The first kappa shape index (κ1) is 19.0. The van der Waals surface area contributed by atoms with Gasteiger partial charge in [-0.1, -0.05) is 29.8 Å². The summed E-state index contributed by atoms with van der Waals surface area (Å²) in [5, 5.41) is 3.50. The molecule has 2 aromatic carbocycles. The third-order valence-corrected chi connectivity index (χ3v) is 6.32. The number of para-hydroxylation sites is 1. The molecule has 0 radical (unpaired) electrons. The van der Waals surface area contributed by atoms with Crippen molar-refractivity contribution in [2.24, 2.45) is 0 Å². The number of hydrogen-bond donors (Lipinski definition) is 0.